The normalized spacial score (nSPS) is 12.1. The molecule has 1 saturated carbocycles. The number of pyridine rings is 4. The molecule has 0 amide bonds. The molecule has 0 radical (unpaired) electrons. The zero-order chi connectivity index (χ0) is 76.3. The van der Waals surface area contributed by atoms with Gasteiger partial charge in [-0.25, -0.2) is 44.3 Å². The third-order valence-electron chi connectivity index (χ3n) is 17.8. The number of rotatable bonds is 24. The predicted octanol–water partition coefficient (Wildman–Crippen LogP) is 16.4. The molecule has 0 saturated heterocycles. The van der Waals surface area contributed by atoms with Crippen molar-refractivity contribution in [3.05, 3.63) is 259 Å². The van der Waals surface area contributed by atoms with Gasteiger partial charge in [0.1, 0.15) is 52.4 Å². The van der Waals surface area contributed by atoms with Crippen LogP contribution in [0.4, 0.5) is 50.9 Å². The fourth-order valence-corrected chi connectivity index (χ4v) is 13.5. The average molecular weight is 1730 g/mol. The lowest BCUT2D eigenvalue weighted by Gasteiger charge is -2.22. The van der Waals surface area contributed by atoms with Crippen molar-refractivity contribution < 1.29 is 9.13 Å². The molecule has 0 spiro atoms. The number of methoxy groups -OCH3 is 1. The number of ether oxygens (including phenoxy) is 1. The Bertz CT molecular complexity index is 5530. The maximum absolute atomic E-state index is 14.2. The molecular formula is C79H80Br4FN25O. The van der Waals surface area contributed by atoms with Gasteiger partial charge in [0.15, 0.2) is 22.6 Å². The number of aromatic nitrogens is 16. The number of halogens is 5. The highest BCUT2D eigenvalue weighted by atomic mass is 79.9. The molecule has 1 aliphatic carbocycles. The zero-order valence-electron chi connectivity index (χ0n) is 60.5. The van der Waals surface area contributed by atoms with Gasteiger partial charge in [0, 0.05) is 130 Å². The quantitative estimate of drug-likeness (QED) is 0.0261. The van der Waals surface area contributed by atoms with Crippen molar-refractivity contribution in [2.75, 3.05) is 90.8 Å². The molecule has 31 heteroatoms. The van der Waals surface area contributed by atoms with Crippen molar-refractivity contribution in [3.63, 3.8) is 0 Å². The van der Waals surface area contributed by atoms with E-state index < -0.39 is 0 Å². The number of nitrogens with two attached hydrogens (primary N) is 2. The van der Waals surface area contributed by atoms with E-state index in [1.165, 1.54) is 38.2 Å². The van der Waals surface area contributed by atoms with Crippen LogP contribution in [-0.2, 0) is 30.9 Å². The first-order valence-electron chi connectivity index (χ1n) is 35.6. The van der Waals surface area contributed by atoms with E-state index >= 15 is 0 Å². The van der Waals surface area contributed by atoms with Crippen LogP contribution >= 0.6 is 63.7 Å². The summed E-state index contributed by atoms with van der Waals surface area (Å²) in [5.74, 6) is 6.29. The van der Waals surface area contributed by atoms with Gasteiger partial charge in [0.2, 0.25) is 0 Å². The second-order valence-corrected chi connectivity index (χ2v) is 29.4. The molecule has 562 valence electrons. The zero-order valence-corrected chi connectivity index (χ0v) is 66.8. The molecular weight excluding hydrogens is 1650 g/mol. The Morgan fingerprint density at radius 3 is 1.30 bits per heavy atom. The van der Waals surface area contributed by atoms with Crippen LogP contribution in [0.1, 0.15) is 66.0 Å². The first kappa shape index (κ1) is 77.1. The molecule has 12 aromatic heterocycles. The lowest BCUT2D eigenvalue weighted by Crippen LogP contribution is -2.21. The van der Waals surface area contributed by atoms with Crippen LogP contribution < -0.4 is 43.4 Å². The van der Waals surface area contributed by atoms with E-state index in [9.17, 15) is 4.39 Å². The van der Waals surface area contributed by atoms with Crippen molar-refractivity contribution in [3.8, 4) is 33.8 Å². The minimum Gasteiger partial charge on any atom is -0.384 e. The Kier molecular flexibility index (Phi) is 26.2. The highest BCUT2D eigenvalue weighted by Gasteiger charge is 2.22. The molecule has 26 nitrogen and oxygen atoms in total. The van der Waals surface area contributed by atoms with Gasteiger partial charge < -0.3 is 53.0 Å². The Morgan fingerprint density at radius 2 is 0.864 bits per heavy atom. The first-order chi connectivity index (χ1) is 53.7. The molecule has 0 unspecified atom stereocenters. The number of nitrogens with one attached hydrogen (secondary N) is 6. The van der Waals surface area contributed by atoms with Crippen molar-refractivity contribution in [2.24, 2.45) is 0 Å². The third-order valence-corrected chi connectivity index (χ3v) is 20.0. The van der Waals surface area contributed by atoms with E-state index in [0.29, 0.717) is 73.1 Å². The summed E-state index contributed by atoms with van der Waals surface area (Å²) in [5.41, 5.74) is 24.7. The fourth-order valence-electron chi connectivity index (χ4n) is 12.1. The molecule has 110 heavy (non-hydrogen) atoms. The fraction of sp³-hybridized carbons (Fsp3) is 0.215. The largest absolute Gasteiger partial charge is 0.384 e. The second-order valence-electron chi connectivity index (χ2n) is 25.9. The summed E-state index contributed by atoms with van der Waals surface area (Å²) in [4.78, 5) is 38.0. The summed E-state index contributed by atoms with van der Waals surface area (Å²) in [6.45, 7) is 5.63. The molecule has 0 bridgehead atoms. The number of hydrogen-bond donors (Lipinski definition) is 8. The monoisotopic (exact) mass is 1730 g/mol. The van der Waals surface area contributed by atoms with Crippen LogP contribution in [0, 0.1) is 5.82 Å². The van der Waals surface area contributed by atoms with Crippen LogP contribution in [0.15, 0.2) is 225 Å². The Morgan fingerprint density at radius 1 is 0.445 bits per heavy atom. The van der Waals surface area contributed by atoms with Crippen LogP contribution in [0.3, 0.4) is 0 Å². The van der Waals surface area contributed by atoms with Gasteiger partial charge in [0.05, 0.1) is 66.4 Å². The number of hydrogen-bond acceptors (Lipinski definition) is 22. The second kappa shape index (κ2) is 37.3. The maximum Gasteiger partial charge on any atom is 0.172 e. The molecule has 3 aromatic carbocycles. The lowest BCUT2D eigenvalue weighted by molar-refractivity contribution is 0.210. The molecule has 15 aromatic rings. The van der Waals surface area contributed by atoms with E-state index in [0.717, 1.165) is 134 Å². The van der Waals surface area contributed by atoms with Gasteiger partial charge in [0.25, 0.3) is 0 Å². The predicted molar refractivity (Wildman–Crippen MR) is 447 cm³/mol. The number of fused-ring (bicyclic) bond motifs is 4. The average Bonchev–Trinajstić information content (AvgIpc) is 1.62. The number of nitrogens with zero attached hydrogens (tertiary/aromatic N) is 17. The van der Waals surface area contributed by atoms with Crippen molar-refractivity contribution in [1.82, 2.24) is 83.2 Å². The van der Waals surface area contributed by atoms with Gasteiger partial charge in [-0.15, -0.1) is 0 Å². The number of nitrogen functional groups attached to an aromatic ring is 2. The summed E-state index contributed by atoms with van der Waals surface area (Å²) >= 11 is 14.1. The Balaban J connectivity index is 0.000000129. The smallest absolute Gasteiger partial charge is 0.172 e. The van der Waals surface area contributed by atoms with E-state index in [1.807, 2.05) is 114 Å². The van der Waals surface area contributed by atoms with Crippen LogP contribution in [0.25, 0.3) is 56.4 Å². The molecule has 0 atom stereocenters. The van der Waals surface area contributed by atoms with E-state index in [-0.39, 0.29) is 5.82 Å². The number of anilines is 8. The summed E-state index contributed by atoms with van der Waals surface area (Å²) in [5, 5.41) is 37.9. The van der Waals surface area contributed by atoms with Crippen molar-refractivity contribution in [1.29, 1.82) is 0 Å². The van der Waals surface area contributed by atoms with E-state index in [1.54, 1.807) is 88.2 Å². The minimum atomic E-state index is -0.326. The number of likely N-dealkylation sites (N-methyl/N-ethyl adjacent to an activating group) is 1. The number of benzene rings is 3. The highest BCUT2D eigenvalue weighted by Crippen LogP contribution is 2.35. The maximum atomic E-state index is 14.2. The Labute approximate surface area is 668 Å². The summed E-state index contributed by atoms with van der Waals surface area (Å²) in [6, 6.07) is 50.4. The summed E-state index contributed by atoms with van der Waals surface area (Å²) in [6.07, 6.45) is 20.4. The Hall–Kier alpha value is -11.1. The van der Waals surface area contributed by atoms with Crippen molar-refractivity contribution in [2.45, 2.75) is 64.2 Å². The van der Waals surface area contributed by atoms with Gasteiger partial charge in [-0.3, -0.25) is 0 Å². The van der Waals surface area contributed by atoms with Crippen molar-refractivity contribution >= 4 is 133 Å². The minimum absolute atomic E-state index is 0.326. The van der Waals surface area contributed by atoms with Gasteiger partial charge in [-0.05, 0) is 161 Å². The van der Waals surface area contributed by atoms with E-state index in [4.69, 9.17) is 31.2 Å². The van der Waals surface area contributed by atoms with Gasteiger partial charge in [-0.2, -0.15) is 38.5 Å². The van der Waals surface area contributed by atoms with Crippen LogP contribution in [-0.4, -0.2) is 131 Å². The topological polar surface area (TPSA) is 309 Å². The first-order valence-corrected chi connectivity index (χ1v) is 38.7. The highest BCUT2D eigenvalue weighted by molar-refractivity contribution is 9.11. The SMILES string of the molecule is CN(C)CCNc1ccc(CNc2cc(-c3ccccc3)nc3c(Br)cnn23)cn1.COCCNc1ccc(CNc2cc(-c3ccccc3)nc3c(Br)cnn23)cn1.Nc1cc(CNc2cc(-c3ccccc3F)nc3c(Br)cnn23)ccn1.Nc1cc(CNc2cc(C3CCCCC3)nc3c(Br)cnn23)ccn1. The standard InChI is InChI=1S/C22H24BrN7.C21H21BrN6O.C18H14BrFN6.C18H21BrN6/c1-29(2)11-10-24-20-9-8-16(13-25-20)14-26-21-12-19(17-6-4-3-5-7-17)28-22-18(23)15-27-30(21)22;1-29-10-9-23-19-8-7-15(12-24-19)13-25-20-11-18(16-5-3-2-4-6-16)27-21-17(22)14-26-28(20)21;19-13-10-24-26-17(23-9-11-5-6-22-16(21)7-11)8-15(25-18(13)26)12-3-1-2-4-14(12)20;19-14-11-23-25-17(22-10-12-6-7-21-16(20)8-12)9-15(24-18(14)25)13-4-2-1-3-5-13/h3-9,12-13,15,26H,10-11,14H2,1-2H3,(H,24,25);2-8,11-12,14,25H,9-10,13H2,1H3,(H,23,24);1-8,10,23H,9H2,(H2,21,22);6-9,11,13,22H,1-5,10H2,(H2,20,21). The van der Waals surface area contributed by atoms with Gasteiger partial charge >= 0.3 is 0 Å². The molecule has 12 heterocycles. The van der Waals surface area contributed by atoms with E-state index in [2.05, 4.69) is 184 Å². The molecule has 10 N–H and O–H groups in total. The van der Waals surface area contributed by atoms with Crippen LogP contribution in [0.2, 0.25) is 0 Å². The van der Waals surface area contributed by atoms with Gasteiger partial charge in [-0.1, -0.05) is 104 Å². The summed E-state index contributed by atoms with van der Waals surface area (Å²) < 4.78 is 29.7. The summed E-state index contributed by atoms with van der Waals surface area (Å²) in [7, 11) is 5.80. The lowest BCUT2D eigenvalue weighted by atomic mass is 9.87. The van der Waals surface area contributed by atoms with Crippen LogP contribution in [0.5, 0.6) is 0 Å². The molecule has 16 rings (SSSR count). The molecule has 1 fully saturated rings. The third kappa shape index (κ3) is 20.0. The molecule has 1 aliphatic rings. The molecule has 0 aliphatic heterocycles.